The number of fused-ring (bicyclic) bond motifs is 5. The van der Waals surface area contributed by atoms with Crippen LogP contribution in [0.5, 0.6) is 0 Å². The molecule has 0 aliphatic carbocycles. The minimum Gasteiger partial charge on any atom is -0.477 e. The maximum atomic E-state index is 12.7. The van der Waals surface area contributed by atoms with Gasteiger partial charge in [-0.25, -0.2) is 4.79 Å². The maximum Gasteiger partial charge on any atom is 0.341 e. The Hall–Kier alpha value is -3.54. The maximum absolute atomic E-state index is 12.7. The van der Waals surface area contributed by atoms with Gasteiger partial charge in [0, 0.05) is 59.8 Å². The van der Waals surface area contributed by atoms with Crippen molar-refractivity contribution >= 4 is 16.9 Å². The monoisotopic (exact) mass is 416 g/mol. The van der Waals surface area contributed by atoms with Gasteiger partial charge in [-0.05, 0) is 35.6 Å². The zero-order chi connectivity index (χ0) is 22.1. The number of aryl methyl sites for hydroxylation is 1. The second kappa shape index (κ2) is 6.48. The number of hydrogen-bond donors (Lipinski definition) is 1. The number of carboxylic acid groups (broad SMARTS) is 1. The quantitative estimate of drug-likeness (QED) is 0.493. The van der Waals surface area contributed by atoms with Gasteiger partial charge >= 0.3 is 5.97 Å². The van der Waals surface area contributed by atoms with Crippen LogP contribution in [0.1, 0.15) is 42.7 Å². The minimum atomic E-state index is -1.20. The number of benzene rings is 1. The topological polar surface area (TPSA) is 77.4 Å². The van der Waals surface area contributed by atoms with Crippen molar-refractivity contribution in [2.75, 3.05) is 0 Å². The molecule has 0 bridgehead atoms. The number of nitrogens with zero attached hydrogens (tertiary/aromatic N) is 2. The van der Waals surface area contributed by atoms with E-state index in [0.29, 0.717) is 0 Å². The van der Waals surface area contributed by atoms with Gasteiger partial charge < -0.3 is 18.7 Å². The Kier molecular flexibility index (Phi) is 4.06. The van der Waals surface area contributed by atoms with E-state index in [9.17, 15) is 14.7 Å². The standard InChI is InChI=1S/C25H24N2O4/c1-25(2,3)22-10-17-15-6-8-31-23(15)16(14-5-7-26(4)12-14)9-18(17)20-11-21(28)19(24(29)30)13-27(20)22/h5-9,11-13,22H,10H2,1-4H3,(H,29,30)/t22-/m0/s1. The number of carbonyl (C=O) groups is 1. The molecule has 3 aromatic heterocycles. The zero-order valence-electron chi connectivity index (χ0n) is 18.0. The molecule has 0 unspecified atom stereocenters. The van der Waals surface area contributed by atoms with E-state index in [1.165, 1.54) is 12.3 Å². The minimum absolute atomic E-state index is 0.00521. The molecular weight excluding hydrogens is 392 g/mol. The molecule has 31 heavy (non-hydrogen) atoms. The molecule has 0 saturated heterocycles. The number of aromatic nitrogens is 2. The van der Waals surface area contributed by atoms with Crippen molar-refractivity contribution in [2.24, 2.45) is 12.5 Å². The summed E-state index contributed by atoms with van der Waals surface area (Å²) in [4.78, 5) is 24.3. The Balaban J connectivity index is 1.87. The van der Waals surface area contributed by atoms with E-state index in [4.69, 9.17) is 4.42 Å². The van der Waals surface area contributed by atoms with Crippen molar-refractivity contribution in [2.45, 2.75) is 33.2 Å². The first-order valence-electron chi connectivity index (χ1n) is 10.3. The smallest absolute Gasteiger partial charge is 0.341 e. The molecule has 1 aromatic carbocycles. The second-order valence-electron chi connectivity index (χ2n) is 9.41. The second-order valence-corrected chi connectivity index (χ2v) is 9.41. The summed E-state index contributed by atoms with van der Waals surface area (Å²) in [6, 6.07) is 7.56. The third kappa shape index (κ3) is 2.93. The molecule has 1 aliphatic heterocycles. The highest BCUT2D eigenvalue weighted by molar-refractivity contribution is 6.00. The van der Waals surface area contributed by atoms with Crippen LogP contribution in [0, 0.1) is 5.41 Å². The largest absolute Gasteiger partial charge is 0.477 e. The molecule has 6 heteroatoms. The summed E-state index contributed by atoms with van der Waals surface area (Å²) in [6.07, 6.45) is 7.96. The van der Waals surface area contributed by atoms with E-state index in [0.717, 1.165) is 45.3 Å². The first-order chi connectivity index (χ1) is 14.6. The lowest BCUT2D eigenvalue weighted by Gasteiger charge is -2.39. The van der Waals surface area contributed by atoms with Crippen LogP contribution in [0.15, 0.2) is 58.3 Å². The van der Waals surface area contributed by atoms with Gasteiger partial charge in [-0.15, -0.1) is 0 Å². The Bertz CT molecular complexity index is 1410. The van der Waals surface area contributed by atoms with Crippen molar-refractivity contribution in [3.8, 4) is 22.4 Å². The Morgan fingerprint density at radius 3 is 2.58 bits per heavy atom. The SMILES string of the molecule is Cn1ccc(-c2cc3c(c4ccoc24)C[C@@H](C(C)(C)C)n2cc(C(=O)O)c(=O)cc2-3)c1. The van der Waals surface area contributed by atoms with Crippen LogP contribution in [-0.2, 0) is 13.5 Å². The van der Waals surface area contributed by atoms with Gasteiger partial charge in [0.25, 0.3) is 0 Å². The third-order valence-electron chi connectivity index (χ3n) is 6.31. The molecule has 1 atom stereocenters. The van der Waals surface area contributed by atoms with Gasteiger partial charge in [-0.3, -0.25) is 4.79 Å². The molecule has 0 spiro atoms. The molecule has 158 valence electrons. The van der Waals surface area contributed by atoms with Gasteiger partial charge in [0.05, 0.1) is 12.0 Å². The van der Waals surface area contributed by atoms with Gasteiger partial charge in [-0.2, -0.15) is 0 Å². The molecule has 0 saturated carbocycles. The summed E-state index contributed by atoms with van der Waals surface area (Å²) < 4.78 is 9.87. The van der Waals surface area contributed by atoms with E-state index in [2.05, 4.69) is 26.8 Å². The lowest BCUT2D eigenvalue weighted by Crippen LogP contribution is -2.32. The highest BCUT2D eigenvalue weighted by atomic mass is 16.4. The fourth-order valence-electron chi connectivity index (χ4n) is 4.72. The normalized spacial score (nSPS) is 15.7. The lowest BCUT2D eigenvalue weighted by atomic mass is 9.77. The van der Waals surface area contributed by atoms with Crippen LogP contribution >= 0.6 is 0 Å². The van der Waals surface area contributed by atoms with Crippen LogP contribution in [0.3, 0.4) is 0 Å². The van der Waals surface area contributed by atoms with Crippen molar-refractivity contribution in [1.29, 1.82) is 0 Å². The van der Waals surface area contributed by atoms with Crippen molar-refractivity contribution in [3.05, 3.63) is 70.5 Å². The van der Waals surface area contributed by atoms with Gasteiger partial charge in [0.15, 0.2) is 5.43 Å². The summed E-state index contributed by atoms with van der Waals surface area (Å²) in [6.45, 7) is 6.40. The molecular formula is C25H24N2O4. The number of hydrogen-bond acceptors (Lipinski definition) is 3. The number of carboxylic acids is 1. The van der Waals surface area contributed by atoms with Crippen LogP contribution < -0.4 is 5.43 Å². The average Bonchev–Trinajstić information content (AvgIpc) is 3.34. The van der Waals surface area contributed by atoms with Crippen LogP contribution in [0.25, 0.3) is 33.4 Å². The zero-order valence-corrected chi connectivity index (χ0v) is 18.0. The molecule has 0 fully saturated rings. The Morgan fingerprint density at radius 2 is 1.94 bits per heavy atom. The highest BCUT2D eigenvalue weighted by Gasteiger charge is 2.35. The predicted molar refractivity (Wildman–Crippen MR) is 119 cm³/mol. The molecule has 1 N–H and O–H groups in total. The molecule has 6 nitrogen and oxygen atoms in total. The predicted octanol–water partition coefficient (Wildman–Crippen LogP) is 5.11. The summed E-state index contributed by atoms with van der Waals surface area (Å²) in [5, 5.41) is 10.6. The number of pyridine rings is 1. The van der Waals surface area contributed by atoms with E-state index >= 15 is 0 Å². The lowest BCUT2D eigenvalue weighted by molar-refractivity contribution is 0.0693. The molecule has 0 radical (unpaired) electrons. The van der Waals surface area contributed by atoms with Gasteiger partial charge in [0.2, 0.25) is 0 Å². The number of rotatable bonds is 2. The Morgan fingerprint density at radius 1 is 1.16 bits per heavy atom. The molecule has 4 heterocycles. The van der Waals surface area contributed by atoms with E-state index in [1.807, 2.05) is 40.7 Å². The fraction of sp³-hybridized carbons (Fsp3) is 0.280. The Labute approximate surface area is 179 Å². The van der Waals surface area contributed by atoms with Gasteiger partial charge in [0.1, 0.15) is 11.1 Å². The molecule has 5 rings (SSSR count). The average molecular weight is 416 g/mol. The summed E-state index contributed by atoms with van der Waals surface area (Å²) in [5.74, 6) is -1.20. The van der Waals surface area contributed by atoms with Crippen LogP contribution in [-0.4, -0.2) is 20.2 Å². The fourth-order valence-corrected chi connectivity index (χ4v) is 4.72. The van der Waals surface area contributed by atoms with Crippen molar-refractivity contribution in [1.82, 2.24) is 9.13 Å². The molecule has 1 aliphatic rings. The summed E-state index contributed by atoms with van der Waals surface area (Å²) in [7, 11) is 1.97. The van der Waals surface area contributed by atoms with Crippen LogP contribution in [0.4, 0.5) is 0 Å². The van der Waals surface area contributed by atoms with Gasteiger partial charge in [-0.1, -0.05) is 20.8 Å². The molecule has 0 amide bonds. The molecule has 4 aromatic rings. The highest BCUT2D eigenvalue weighted by Crippen LogP contribution is 2.47. The van der Waals surface area contributed by atoms with Crippen molar-refractivity contribution < 1.29 is 14.3 Å². The van der Waals surface area contributed by atoms with Crippen molar-refractivity contribution in [3.63, 3.8) is 0 Å². The summed E-state index contributed by atoms with van der Waals surface area (Å²) >= 11 is 0. The number of aromatic carboxylic acids is 1. The van der Waals surface area contributed by atoms with E-state index in [-0.39, 0.29) is 17.0 Å². The first kappa shape index (κ1) is 19.4. The summed E-state index contributed by atoms with van der Waals surface area (Å²) in [5.41, 5.74) is 4.81. The first-order valence-corrected chi connectivity index (χ1v) is 10.3. The van der Waals surface area contributed by atoms with E-state index in [1.54, 1.807) is 6.26 Å². The van der Waals surface area contributed by atoms with Crippen LogP contribution in [0.2, 0.25) is 0 Å². The van der Waals surface area contributed by atoms with E-state index < -0.39 is 11.4 Å². The number of furan rings is 1. The third-order valence-corrected chi connectivity index (χ3v) is 6.31.